The highest BCUT2D eigenvalue weighted by Gasteiger charge is 2.35. The Labute approximate surface area is 483 Å². The number of nitrogens with one attached hydrogen (secondary N) is 1. The number of nitrogens with zero attached hydrogens (tertiary/aromatic N) is 3. The van der Waals surface area contributed by atoms with Crippen molar-refractivity contribution in [3.05, 3.63) is 143 Å². The summed E-state index contributed by atoms with van der Waals surface area (Å²) in [5, 5.41) is 4.43. The molecule has 418 valence electrons. The molecule has 2 amide bonds. The van der Waals surface area contributed by atoms with Crippen molar-refractivity contribution in [1.82, 2.24) is 19.4 Å². The second-order valence-corrected chi connectivity index (χ2v) is 17.5. The van der Waals surface area contributed by atoms with Crippen LogP contribution in [0.1, 0.15) is 76.1 Å². The molecule has 2 aromatic heterocycles. The first-order chi connectivity index (χ1) is 38.7. The third kappa shape index (κ3) is 17.7. The Bertz CT molecular complexity index is 3220. The number of likely N-dealkylation sites (N-methyl/N-ethyl adjacent to an activating group) is 1. The van der Waals surface area contributed by atoms with Crippen molar-refractivity contribution in [2.75, 3.05) is 52.6 Å². The van der Waals surface area contributed by atoms with Crippen molar-refractivity contribution in [3.63, 3.8) is 0 Å². The topological polar surface area (TPSA) is 167 Å². The predicted octanol–water partition coefficient (Wildman–Crippen LogP) is 10.2. The van der Waals surface area contributed by atoms with Crippen LogP contribution in [0.5, 0.6) is 0 Å². The fraction of sp³-hybridized carbons (Fsp3) is 0.333. The lowest BCUT2D eigenvalue weighted by Gasteiger charge is -2.37. The maximum Gasteiger partial charge on any atom is 0.410 e. The van der Waals surface area contributed by atoms with Crippen LogP contribution >= 0.6 is 22.6 Å². The molecule has 16 nitrogen and oxygen atoms in total. The number of halogens is 1. The zero-order valence-corrected chi connectivity index (χ0v) is 48.6. The van der Waals surface area contributed by atoms with E-state index in [-0.39, 0.29) is 62.5 Å². The first-order valence-electron chi connectivity index (χ1n) is 25.1. The van der Waals surface area contributed by atoms with E-state index in [2.05, 4.69) is 69.4 Å². The summed E-state index contributed by atoms with van der Waals surface area (Å²) in [6, 6.07) is 33.4. The number of terminal acetylenes is 3. The van der Waals surface area contributed by atoms with Crippen molar-refractivity contribution in [3.8, 4) is 60.7 Å². The summed E-state index contributed by atoms with van der Waals surface area (Å²) in [5.41, 5.74) is 6.30. The standard InChI is InChI=1S/C26H30N2O6.C25H28N2O6.C6H2.C5H4.CH3I/c1-17-23(24(29)31-4)21-12-8-9-13-22(21)28(17)18(2)25-32-15-20(16-33-25)27(3)26(30)34-14-19-10-6-5-7-11-19;1-16-22(23(28)30-3)20-11-7-8-12-21(20)27(16)17(2)24-31-14-19(15-32-24)26-25(29)33-13-18-9-5-4-6-10-18;1-3-5-6-4-2;1-3-5-4-2;1-2/h5-13,18,20,25H,14-16H2,1-4H3;4-12,17,19,24H,13-15H2,1-3H3,(H,26,29);1-2H;1H,2H3;1H3/t18-,20?,25?;17-,19?,24?;;;/m11.../s1. The number of esters is 2. The Hall–Kier alpha value is -8.19. The number of alkyl halides is 1. The normalized spacial score (nSPS) is 16.4. The van der Waals surface area contributed by atoms with E-state index >= 15 is 0 Å². The largest absolute Gasteiger partial charge is 0.465 e. The van der Waals surface area contributed by atoms with Gasteiger partial charge in [-0.05, 0) is 98.3 Å². The number of rotatable bonds is 12. The zero-order valence-electron chi connectivity index (χ0n) is 46.4. The lowest BCUT2D eigenvalue weighted by Crippen LogP contribution is -2.49. The second kappa shape index (κ2) is 34.0. The van der Waals surface area contributed by atoms with Crippen LogP contribution < -0.4 is 5.32 Å². The predicted molar refractivity (Wildman–Crippen MR) is 316 cm³/mol. The number of para-hydroxylation sites is 2. The number of carbonyl (C=O) groups is 4. The average molecular weight is 1200 g/mol. The van der Waals surface area contributed by atoms with E-state index in [4.69, 9.17) is 57.2 Å². The molecule has 1 N–H and O–H groups in total. The van der Waals surface area contributed by atoms with Crippen molar-refractivity contribution in [1.29, 1.82) is 0 Å². The van der Waals surface area contributed by atoms with E-state index in [0.29, 0.717) is 24.3 Å². The molecule has 0 saturated carbocycles. The summed E-state index contributed by atoms with van der Waals surface area (Å²) in [7, 11) is 4.44. The third-order valence-electron chi connectivity index (χ3n) is 12.5. The highest BCUT2D eigenvalue weighted by Crippen LogP contribution is 2.34. The minimum atomic E-state index is -0.539. The Morgan fingerprint density at radius 2 is 1.01 bits per heavy atom. The second-order valence-electron chi connectivity index (χ2n) is 17.5. The molecule has 6 aromatic rings. The van der Waals surface area contributed by atoms with E-state index in [1.54, 1.807) is 14.0 Å². The maximum atomic E-state index is 12.5. The van der Waals surface area contributed by atoms with E-state index in [1.165, 1.54) is 19.1 Å². The molecule has 0 radical (unpaired) electrons. The smallest absolute Gasteiger partial charge is 0.410 e. The van der Waals surface area contributed by atoms with Gasteiger partial charge in [0.05, 0.1) is 75.9 Å². The van der Waals surface area contributed by atoms with E-state index in [9.17, 15) is 19.2 Å². The molecule has 8 rings (SSSR count). The number of hydrogen-bond donors (Lipinski definition) is 1. The zero-order chi connectivity index (χ0) is 58.6. The van der Waals surface area contributed by atoms with Crippen LogP contribution in [-0.4, -0.2) is 115 Å². The fourth-order valence-corrected chi connectivity index (χ4v) is 8.73. The summed E-state index contributed by atoms with van der Waals surface area (Å²) in [5.74, 6) is 14.9. The molecule has 2 aliphatic heterocycles. The highest BCUT2D eigenvalue weighted by atomic mass is 127. The first-order valence-corrected chi connectivity index (χ1v) is 27.3. The van der Waals surface area contributed by atoms with Gasteiger partial charge in [0.1, 0.15) is 13.2 Å². The maximum absolute atomic E-state index is 12.5. The molecule has 17 heteroatoms. The summed E-state index contributed by atoms with van der Waals surface area (Å²) >= 11 is 2.15. The molecular formula is C63H67IN4O12. The van der Waals surface area contributed by atoms with Crippen LogP contribution in [0, 0.1) is 74.6 Å². The third-order valence-corrected chi connectivity index (χ3v) is 12.5. The Morgan fingerprint density at radius 3 is 1.40 bits per heavy atom. The average Bonchev–Trinajstić information content (AvgIpc) is 3.97. The van der Waals surface area contributed by atoms with Gasteiger partial charge in [0.2, 0.25) is 0 Å². The van der Waals surface area contributed by atoms with Gasteiger partial charge < -0.3 is 57.2 Å². The van der Waals surface area contributed by atoms with Gasteiger partial charge in [-0.25, -0.2) is 19.2 Å². The SMILES string of the molecule is C#CC#CC.C#CC#CC#C.CI.COC(=O)c1c(C)n([C@H](C)C2OCC(N(C)C(=O)OCc3ccccc3)CO2)c2ccccc12.COC(=O)c1c(C)n([C@H](C)C2OCC(NC(=O)OCc3ccccc3)CO2)c2ccccc12. The summed E-state index contributed by atoms with van der Waals surface area (Å²) in [6.45, 7) is 11.1. The first kappa shape index (κ1) is 64.3. The Kier molecular flexibility index (Phi) is 27.3. The number of methoxy groups -OCH3 is 2. The van der Waals surface area contributed by atoms with Crippen LogP contribution in [-0.2, 0) is 51.1 Å². The lowest BCUT2D eigenvalue weighted by atomic mass is 10.1. The summed E-state index contributed by atoms with van der Waals surface area (Å²) in [6.07, 6.45) is 12.1. The minimum Gasteiger partial charge on any atom is -0.465 e. The molecule has 2 atom stereocenters. The van der Waals surface area contributed by atoms with Gasteiger partial charge in [-0.1, -0.05) is 126 Å². The van der Waals surface area contributed by atoms with E-state index in [0.717, 1.165) is 44.3 Å². The quantitative estimate of drug-likeness (QED) is 0.0406. The van der Waals surface area contributed by atoms with Crippen LogP contribution in [0.4, 0.5) is 9.59 Å². The number of alkyl carbamates (subject to hydrolysis) is 1. The van der Waals surface area contributed by atoms with Gasteiger partial charge in [-0.3, -0.25) is 0 Å². The molecule has 2 fully saturated rings. The van der Waals surface area contributed by atoms with Crippen molar-refractivity contribution in [2.45, 2.75) is 84.6 Å². The van der Waals surface area contributed by atoms with E-state index < -0.39 is 24.8 Å². The van der Waals surface area contributed by atoms with Gasteiger partial charge in [-0.15, -0.1) is 19.3 Å². The highest BCUT2D eigenvalue weighted by molar-refractivity contribution is 14.1. The van der Waals surface area contributed by atoms with Crippen molar-refractivity contribution < 1.29 is 57.1 Å². The molecule has 4 heterocycles. The minimum absolute atomic E-state index is 0.198. The Balaban J connectivity index is 0.000000283. The number of fused-ring (bicyclic) bond motifs is 2. The van der Waals surface area contributed by atoms with Gasteiger partial charge in [0, 0.05) is 40.2 Å². The van der Waals surface area contributed by atoms with Gasteiger partial charge in [0.25, 0.3) is 0 Å². The molecule has 2 saturated heterocycles. The molecule has 0 bridgehead atoms. The van der Waals surface area contributed by atoms with Crippen molar-refractivity contribution >= 4 is 68.5 Å². The molecule has 0 spiro atoms. The molecule has 2 aliphatic rings. The van der Waals surface area contributed by atoms with E-state index in [1.807, 2.05) is 151 Å². The Morgan fingerprint density at radius 1 is 0.625 bits per heavy atom. The van der Waals surface area contributed by atoms with Crippen LogP contribution in [0.2, 0.25) is 0 Å². The number of benzene rings is 4. The fourth-order valence-electron chi connectivity index (χ4n) is 8.73. The van der Waals surface area contributed by atoms with Gasteiger partial charge in [0.15, 0.2) is 12.6 Å². The monoisotopic (exact) mass is 1200 g/mol. The molecular weight excluding hydrogens is 1130 g/mol. The van der Waals surface area contributed by atoms with Crippen molar-refractivity contribution in [2.24, 2.45) is 0 Å². The van der Waals surface area contributed by atoms with Gasteiger partial charge in [-0.2, -0.15) is 0 Å². The summed E-state index contributed by atoms with van der Waals surface area (Å²) in [4.78, 5) is 52.9. The number of carbonyl (C=O) groups excluding carboxylic acids is 4. The van der Waals surface area contributed by atoms with Crippen LogP contribution in [0.3, 0.4) is 0 Å². The number of amides is 2. The number of ether oxygens (including phenoxy) is 8. The molecule has 80 heavy (non-hydrogen) atoms. The summed E-state index contributed by atoms with van der Waals surface area (Å²) < 4.78 is 48.7. The van der Waals surface area contributed by atoms with Crippen LogP contribution in [0.15, 0.2) is 109 Å². The van der Waals surface area contributed by atoms with Gasteiger partial charge >= 0.3 is 24.1 Å². The lowest BCUT2D eigenvalue weighted by molar-refractivity contribution is -0.217. The number of aromatic nitrogens is 2. The van der Waals surface area contributed by atoms with Crippen LogP contribution in [0.25, 0.3) is 21.8 Å². The number of hydrogen-bond acceptors (Lipinski definition) is 12. The molecule has 4 aromatic carbocycles. The molecule has 0 unspecified atom stereocenters. The molecule has 0 aliphatic carbocycles.